The van der Waals surface area contributed by atoms with Crippen LogP contribution in [0.3, 0.4) is 0 Å². The lowest BCUT2D eigenvalue weighted by molar-refractivity contribution is 0.414. The Morgan fingerprint density at radius 1 is 1.24 bits per heavy atom. The number of benzene rings is 1. The fourth-order valence-corrected chi connectivity index (χ4v) is 3.74. The monoisotopic (exact) mass is 284 g/mol. The van der Waals surface area contributed by atoms with Gasteiger partial charge in [-0.25, -0.2) is 4.98 Å². The van der Waals surface area contributed by atoms with Crippen molar-refractivity contribution in [3.8, 4) is 5.75 Å². The maximum atomic E-state index is 13.3. The fraction of sp³-hybridized carbons (Fsp3) is 0.353. The van der Waals surface area contributed by atoms with Crippen molar-refractivity contribution in [2.45, 2.75) is 31.3 Å². The summed E-state index contributed by atoms with van der Waals surface area (Å²) < 4.78 is 18.6. The van der Waals surface area contributed by atoms with Gasteiger partial charge in [0.2, 0.25) is 5.95 Å². The standard InChI is InChI=1S/C17H17FN2O/c1-21-14-5-2-12(3-6-14)20-13-4-7-16(20)15-10-19-17(18)9-11(15)8-13/h2-3,5-6,9-10,13,16H,4,7-8H2,1H3/t13-,16+/m0/s1. The molecule has 1 aromatic carbocycles. The van der Waals surface area contributed by atoms with Crippen molar-refractivity contribution in [1.82, 2.24) is 4.98 Å². The van der Waals surface area contributed by atoms with Crippen LogP contribution in [0.2, 0.25) is 0 Å². The SMILES string of the molecule is COc1ccc(N2[C@H]3CC[C@@H]2c2cnc(F)cc2C3)cc1. The number of anilines is 1. The van der Waals surface area contributed by atoms with Crippen molar-refractivity contribution in [3.63, 3.8) is 0 Å². The van der Waals surface area contributed by atoms with Crippen LogP contribution in [0.15, 0.2) is 36.5 Å². The predicted molar refractivity (Wildman–Crippen MR) is 79.1 cm³/mol. The Morgan fingerprint density at radius 3 is 2.81 bits per heavy atom. The summed E-state index contributed by atoms with van der Waals surface area (Å²) in [6.07, 6.45) is 4.87. The lowest BCUT2D eigenvalue weighted by Gasteiger charge is -2.38. The summed E-state index contributed by atoms with van der Waals surface area (Å²) in [6, 6.07) is 10.6. The molecule has 0 amide bonds. The van der Waals surface area contributed by atoms with E-state index < -0.39 is 0 Å². The first-order chi connectivity index (χ1) is 10.3. The van der Waals surface area contributed by atoms with Gasteiger partial charge in [-0.1, -0.05) is 0 Å². The van der Waals surface area contributed by atoms with E-state index in [0.717, 1.165) is 30.6 Å². The molecule has 0 aliphatic carbocycles. The molecule has 2 bridgehead atoms. The molecule has 0 radical (unpaired) electrons. The molecular formula is C17H17FN2O. The van der Waals surface area contributed by atoms with E-state index in [1.54, 1.807) is 19.4 Å². The van der Waals surface area contributed by atoms with E-state index in [-0.39, 0.29) is 5.95 Å². The van der Waals surface area contributed by atoms with E-state index in [1.807, 2.05) is 12.1 Å². The van der Waals surface area contributed by atoms with E-state index in [4.69, 9.17) is 4.74 Å². The Labute approximate surface area is 123 Å². The maximum absolute atomic E-state index is 13.3. The van der Waals surface area contributed by atoms with Crippen molar-refractivity contribution >= 4 is 5.69 Å². The minimum absolute atomic E-state index is 0.320. The zero-order valence-electron chi connectivity index (χ0n) is 11.9. The molecule has 21 heavy (non-hydrogen) atoms. The first-order valence-electron chi connectivity index (χ1n) is 7.33. The van der Waals surface area contributed by atoms with Crippen molar-refractivity contribution in [1.29, 1.82) is 0 Å². The molecule has 3 nitrogen and oxygen atoms in total. The molecule has 4 rings (SSSR count). The molecule has 3 heterocycles. The third kappa shape index (κ3) is 1.97. The third-order valence-electron chi connectivity index (χ3n) is 4.68. The second kappa shape index (κ2) is 4.72. The molecule has 2 atom stereocenters. The number of aromatic nitrogens is 1. The molecule has 1 fully saturated rings. The molecule has 0 spiro atoms. The number of hydrogen-bond acceptors (Lipinski definition) is 3. The molecule has 4 heteroatoms. The topological polar surface area (TPSA) is 25.4 Å². The third-order valence-corrected chi connectivity index (χ3v) is 4.68. The van der Waals surface area contributed by atoms with Crippen LogP contribution >= 0.6 is 0 Å². The minimum Gasteiger partial charge on any atom is -0.497 e. The van der Waals surface area contributed by atoms with E-state index in [0.29, 0.717) is 12.1 Å². The van der Waals surface area contributed by atoms with Crippen LogP contribution < -0.4 is 9.64 Å². The Hall–Kier alpha value is -2.10. The van der Waals surface area contributed by atoms with Gasteiger partial charge in [0, 0.05) is 17.9 Å². The summed E-state index contributed by atoms with van der Waals surface area (Å²) in [5.41, 5.74) is 3.51. The molecule has 1 aromatic heterocycles. The normalized spacial score (nSPS) is 23.0. The Kier molecular flexibility index (Phi) is 2.84. The van der Waals surface area contributed by atoms with Gasteiger partial charge in [-0.15, -0.1) is 0 Å². The lowest BCUT2D eigenvalue weighted by atomic mass is 9.94. The van der Waals surface area contributed by atoms with Crippen LogP contribution in [0.25, 0.3) is 0 Å². The highest BCUT2D eigenvalue weighted by molar-refractivity contribution is 5.56. The molecule has 0 N–H and O–H groups in total. The second-order valence-corrected chi connectivity index (χ2v) is 5.76. The summed E-state index contributed by atoms with van der Waals surface area (Å²) in [7, 11) is 1.68. The Bertz CT molecular complexity index is 671. The molecule has 0 saturated carbocycles. The molecule has 2 aliphatic rings. The van der Waals surface area contributed by atoms with Gasteiger partial charge in [0.1, 0.15) is 5.75 Å². The van der Waals surface area contributed by atoms with Crippen LogP contribution in [-0.4, -0.2) is 18.1 Å². The molecular weight excluding hydrogens is 267 g/mol. The van der Waals surface area contributed by atoms with E-state index in [9.17, 15) is 4.39 Å². The van der Waals surface area contributed by atoms with Crippen molar-refractivity contribution in [2.24, 2.45) is 0 Å². The summed E-state index contributed by atoms with van der Waals surface area (Å²) in [5, 5.41) is 0. The number of ether oxygens (including phenoxy) is 1. The Balaban J connectivity index is 1.73. The largest absolute Gasteiger partial charge is 0.497 e. The highest BCUT2D eigenvalue weighted by atomic mass is 19.1. The van der Waals surface area contributed by atoms with Gasteiger partial charge in [-0.2, -0.15) is 4.39 Å². The smallest absolute Gasteiger partial charge is 0.213 e. The highest BCUT2D eigenvalue weighted by Gasteiger charge is 2.40. The van der Waals surface area contributed by atoms with Crippen LogP contribution in [0, 0.1) is 5.95 Å². The van der Waals surface area contributed by atoms with E-state index >= 15 is 0 Å². The molecule has 2 aliphatic heterocycles. The maximum Gasteiger partial charge on any atom is 0.213 e. The predicted octanol–water partition coefficient (Wildman–Crippen LogP) is 3.50. The van der Waals surface area contributed by atoms with Crippen molar-refractivity contribution in [3.05, 3.63) is 53.6 Å². The number of nitrogens with zero attached hydrogens (tertiary/aromatic N) is 2. The zero-order valence-corrected chi connectivity index (χ0v) is 11.9. The van der Waals surface area contributed by atoms with Crippen molar-refractivity contribution < 1.29 is 9.13 Å². The second-order valence-electron chi connectivity index (χ2n) is 5.76. The zero-order chi connectivity index (χ0) is 14.4. The summed E-state index contributed by atoms with van der Waals surface area (Å²) >= 11 is 0. The number of hydrogen-bond donors (Lipinski definition) is 0. The molecule has 1 saturated heterocycles. The van der Waals surface area contributed by atoms with E-state index in [2.05, 4.69) is 22.0 Å². The highest BCUT2D eigenvalue weighted by Crippen LogP contribution is 2.46. The average Bonchev–Trinajstić information content (AvgIpc) is 2.82. The van der Waals surface area contributed by atoms with Gasteiger partial charge in [0.05, 0.1) is 13.2 Å². The van der Waals surface area contributed by atoms with Crippen LogP contribution in [0.4, 0.5) is 10.1 Å². The quantitative estimate of drug-likeness (QED) is 0.789. The molecule has 2 aromatic rings. The van der Waals surface area contributed by atoms with Gasteiger partial charge in [0.25, 0.3) is 0 Å². The summed E-state index contributed by atoms with van der Waals surface area (Å²) in [6.45, 7) is 0. The van der Waals surface area contributed by atoms with Crippen molar-refractivity contribution in [2.75, 3.05) is 12.0 Å². The molecule has 108 valence electrons. The summed E-state index contributed by atoms with van der Waals surface area (Å²) in [4.78, 5) is 6.31. The van der Waals surface area contributed by atoms with Crippen LogP contribution in [-0.2, 0) is 6.42 Å². The minimum atomic E-state index is -0.369. The van der Waals surface area contributed by atoms with Gasteiger partial charge >= 0.3 is 0 Å². The number of fused-ring (bicyclic) bond motifs is 4. The number of rotatable bonds is 2. The van der Waals surface area contributed by atoms with E-state index in [1.165, 1.54) is 11.3 Å². The Morgan fingerprint density at radius 2 is 2.05 bits per heavy atom. The number of pyridine rings is 1. The van der Waals surface area contributed by atoms with Crippen LogP contribution in [0.1, 0.15) is 30.0 Å². The number of methoxy groups -OCH3 is 1. The van der Waals surface area contributed by atoms with Crippen LogP contribution in [0.5, 0.6) is 5.75 Å². The number of halogens is 1. The lowest BCUT2D eigenvalue weighted by Crippen LogP contribution is -2.37. The van der Waals surface area contributed by atoms with Gasteiger partial charge in [0.15, 0.2) is 0 Å². The first-order valence-corrected chi connectivity index (χ1v) is 7.33. The van der Waals surface area contributed by atoms with Gasteiger partial charge in [-0.05, 0) is 60.7 Å². The van der Waals surface area contributed by atoms with Gasteiger partial charge < -0.3 is 9.64 Å². The van der Waals surface area contributed by atoms with Gasteiger partial charge in [-0.3, -0.25) is 0 Å². The first kappa shape index (κ1) is 12.6. The average molecular weight is 284 g/mol. The fourth-order valence-electron chi connectivity index (χ4n) is 3.74. The molecule has 0 unspecified atom stereocenters. The summed E-state index contributed by atoms with van der Waals surface area (Å²) in [5.74, 6) is 0.498.